The van der Waals surface area contributed by atoms with E-state index in [1.165, 1.54) is 31.8 Å². The summed E-state index contributed by atoms with van der Waals surface area (Å²) in [4.78, 5) is 12.0. The minimum atomic E-state index is 0.435. The fourth-order valence-corrected chi connectivity index (χ4v) is 3.51. The molecule has 2 aromatic heterocycles. The molecule has 0 amide bonds. The second kappa shape index (κ2) is 6.37. The minimum Gasteiger partial charge on any atom is -0.312 e. The normalized spacial score (nSPS) is 17.9. The number of rotatable bonds is 4. The number of imidazole rings is 1. The maximum atomic E-state index is 4.81. The molecule has 0 saturated carbocycles. The molecule has 120 valence electrons. The highest BCUT2D eigenvalue weighted by molar-refractivity contribution is 5.71. The highest BCUT2D eigenvalue weighted by atomic mass is 15.2. The molecule has 3 heterocycles. The lowest BCUT2D eigenvalue weighted by atomic mass is 9.95. The SMILES string of the molecule is CC(C)c1nc2cccnc2n1CC1CCN(C(C)C)CC1. The summed E-state index contributed by atoms with van der Waals surface area (Å²) in [7, 11) is 0. The first kappa shape index (κ1) is 15.5. The van der Waals surface area contributed by atoms with Crippen molar-refractivity contribution in [1.29, 1.82) is 0 Å². The van der Waals surface area contributed by atoms with Crippen LogP contribution in [0.25, 0.3) is 11.2 Å². The van der Waals surface area contributed by atoms with Gasteiger partial charge in [-0.3, -0.25) is 0 Å². The van der Waals surface area contributed by atoms with Gasteiger partial charge in [-0.25, -0.2) is 9.97 Å². The number of piperidine rings is 1. The lowest BCUT2D eigenvalue weighted by Crippen LogP contribution is -2.39. The molecule has 1 fully saturated rings. The van der Waals surface area contributed by atoms with Crippen molar-refractivity contribution in [2.24, 2.45) is 5.92 Å². The molecule has 4 nitrogen and oxygen atoms in total. The number of aromatic nitrogens is 3. The van der Waals surface area contributed by atoms with Crippen LogP contribution in [0.3, 0.4) is 0 Å². The zero-order chi connectivity index (χ0) is 15.7. The third kappa shape index (κ3) is 3.02. The highest BCUT2D eigenvalue weighted by Crippen LogP contribution is 2.26. The summed E-state index contributed by atoms with van der Waals surface area (Å²) in [5.74, 6) is 2.36. The summed E-state index contributed by atoms with van der Waals surface area (Å²) in [6, 6.07) is 4.72. The van der Waals surface area contributed by atoms with Crippen LogP contribution in [-0.4, -0.2) is 38.6 Å². The van der Waals surface area contributed by atoms with Gasteiger partial charge < -0.3 is 9.47 Å². The second-order valence-corrected chi connectivity index (χ2v) is 7.15. The molecule has 0 unspecified atom stereocenters. The molecule has 0 aliphatic carbocycles. The van der Waals surface area contributed by atoms with Gasteiger partial charge in [0.1, 0.15) is 11.3 Å². The summed E-state index contributed by atoms with van der Waals surface area (Å²) >= 11 is 0. The van der Waals surface area contributed by atoms with Gasteiger partial charge in [0.05, 0.1) is 0 Å². The van der Waals surface area contributed by atoms with E-state index in [1.807, 2.05) is 12.3 Å². The molecule has 0 radical (unpaired) electrons. The average Bonchev–Trinajstić information content (AvgIpc) is 2.87. The Bertz CT molecular complexity index is 621. The molecule has 0 bridgehead atoms. The first-order valence-electron chi connectivity index (χ1n) is 8.61. The van der Waals surface area contributed by atoms with E-state index in [0.717, 1.165) is 23.6 Å². The van der Waals surface area contributed by atoms with Crippen LogP contribution >= 0.6 is 0 Å². The van der Waals surface area contributed by atoms with Gasteiger partial charge in [0.2, 0.25) is 0 Å². The molecule has 22 heavy (non-hydrogen) atoms. The predicted octanol–water partition coefficient (Wildman–Crippen LogP) is 3.68. The van der Waals surface area contributed by atoms with Crippen LogP contribution in [-0.2, 0) is 6.54 Å². The Morgan fingerprint density at radius 3 is 2.55 bits per heavy atom. The third-order valence-corrected chi connectivity index (χ3v) is 4.87. The zero-order valence-corrected chi connectivity index (χ0v) is 14.3. The maximum Gasteiger partial charge on any atom is 0.159 e. The van der Waals surface area contributed by atoms with Crippen LogP contribution in [0.5, 0.6) is 0 Å². The minimum absolute atomic E-state index is 0.435. The Hall–Kier alpha value is -1.42. The Morgan fingerprint density at radius 2 is 1.91 bits per heavy atom. The van der Waals surface area contributed by atoms with Crippen LogP contribution in [0.4, 0.5) is 0 Å². The van der Waals surface area contributed by atoms with E-state index < -0.39 is 0 Å². The molecule has 0 spiro atoms. The molecule has 1 aliphatic heterocycles. The van der Waals surface area contributed by atoms with Crippen LogP contribution in [0.1, 0.15) is 52.3 Å². The van der Waals surface area contributed by atoms with E-state index in [2.05, 4.69) is 48.2 Å². The van der Waals surface area contributed by atoms with Gasteiger partial charge in [-0.2, -0.15) is 0 Å². The summed E-state index contributed by atoms with van der Waals surface area (Å²) in [6.45, 7) is 12.5. The number of hydrogen-bond acceptors (Lipinski definition) is 3. The highest BCUT2D eigenvalue weighted by Gasteiger charge is 2.23. The molecule has 2 aromatic rings. The number of hydrogen-bond donors (Lipinski definition) is 0. The molecule has 0 atom stereocenters. The second-order valence-electron chi connectivity index (χ2n) is 7.15. The summed E-state index contributed by atoms with van der Waals surface area (Å²) < 4.78 is 2.37. The van der Waals surface area contributed by atoms with Crippen LogP contribution in [0.2, 0.25) is 0 Å². The Labute approximate surface area is 133 Å². The van der Waals surface area contributed by atoms with E-state index in [4.69, 9.17) is 4.98 Å². The summed E-state index contributed by atoms with van der Waals surface area (Å²) in [6.07, 6.45) is 4.44. The van der Waals surface area contributed by atoms with Gasteiger partial charge >= 0.3 is 0 Å². The zero-order valence-electron chi connectivity index (χ0n) is 14.3. The fourth-order valence-electron chi connectivity index (χ4n) is 3.51. The van der Waals surface area contributed by atoms with Crippen molar-refractivity contribution in [1.82, 2.24) is 19.4 Å². The summed E-state index contributed by atoms with van der Waals surface area (Å²) in [5.41, 5.74) is 2.09. The molecule has 0 aromatic carbocycles. The number of likely N-dealkylation sites (tertiary alicyclic amines) is 1. The molecular weight excluding hydrogens is 272 g/mol. The van der Waals surface area contributed by atoms with Gasteiger partial charge in [0.15, 0.2) is 5.65 Å². The Balaban J connectivity index is 1.80. The van der Waals surface area contributed by atoms with Crippen molar-refractivity contribution < 1.29 is 0 Å². The van der Waals surface area contributed by atoms with Crippen molar-refractivity contribution in [3.63, 3.8) is 0 Å². The predicted molar refractivity (Wildman–Crippen MR) is 91.1 cm³/mol. The lowest BCUT2D eigenvalue weighted by molar-refractivity contribution is 0.141. The first-order valence-corrected chi connectivity index (χ1v) is 8.61. The topological polar surface area (TPSA) is 34.0 Å². The van der Waals surface area contributed by atoms with E-state index in [-0.39, 0.29) is 0 Å². The monoisotopic (exact) mass is 300 g/mol. The van der Waals surface area contributed by atoms with Crippen LogP contribution < -0.4 is 0 Å². The van der Waals surface area contributed by atoms with Crippen molar-refractivity contribution in [2.75, 3.05) is 13.1 Å². The van der Waals surface area contributed by atoms with E-state index in [1.54, 1.807) is 0 Å². The maximum absolute atomic E-state index is 4.81. The van der Waals surface area contributed by atoms with Gasteiger partial charge in [0.25, 0.3) is 0 Å². The quantitative estimate of drug-likeness (QED) is 0.864. The van der Waals surface area contributed by atoms with Gasteiger partial charge in [-0.15, -0.1) is 0 Å². The Kier molecular flexibility index (Phi) is 4.48. The van der Waals surface area contributed by atoms with Gasteiger partial charge in [-0.05, 0) is 57.8 Å². The third-order valence-electron chi connectivity index (χ3n) is 4.87. The molecule has 1 aliphatic rings. The summed E-state index contributed by atoms with van der Waals surface area (Å²) in [5, 5.41) is 0. The van der Waals surface area contributed by atoms with Crippen LogP contribution in [0, 0.1) is 5.92 Å². The molecule has 1 saturated heterocycles. The van der Waals surface area contributed by atoms with Gasteiger partial charge in [0, 0.05) is 24.7 Å². The van der Waals surface area contributed by atoms with E-state index >= 15 is 0 Å². The first-order chi connectivity index (χ1) is 10.6. The largest absolute Gasteiger partial charge is 0.312 e. The fraction of sp³-hybridized carbons (Fsp3) is 0.667. The number of pyridine rings is 1. The van der Waals surface area contributed by atoms with Crippen molar-refractivity contribution in [3.8, 4) is 0 Å². The van der Waals surface area contributed by atoms with Crippen molar-refractivity contribution >= 4 is 11.2 Å². The van der Waals surface area contributed by atoms with E-state index in [0.29, 0.717) is 12.0 Å². The lowest BCUT2D eigenvalue weighted by Gasteiger charge is -2.35. The standard InChI is InChI=1S/C18H28N4/c1-13(2)17-20-16-6-5-9-19-18(16)22(17)12-15-7-10-21(11-8-15)14(3)4/h5-6,9,13-15H,7-8,10-12H2,1-4H3. The van der Waals surface area contributed by atoms with Gasteiger partial charge in [-0.1, -0.05) is 13.8 Å². The van der Waals surface area contributed by atoms with Crippen LogP contribution in [0.15, 0.2) is 18.3 Å². The average molecular weight is 300 g/mol. The molecule has 4 heteroatoms. The van der Waals surface area contributed by atoms with Crippen molar-refractivity contribution in [2.45, 2.75) is 59.0 Å². The molecule has 0 N–H and O–H groups in total. The number of fused-ring (bicyclic) bond motifs is 1. The number of nitrogens with zero attached hydrogens (tertiary/aromatic N) is 4. The Morgan fingerprint density at radius 1 is 1.18 bits per heavy atom. The molecule has 3 rings (SSSR count). The smallest absolute Gasteiger partial charge is 0.159 e. The van der Waals surface area contributed by atoms with Crippen molar-refractivity contribution in [3.05, 3.63) is 24.2 Å². The van der Waals surface area contributed by atoms with E-state index in [9.17, 15) is 0 Å². The molecular formula is C18H28N4.